The van der Waals surface area contributed by atoms with Crippen LogP contribution < -0.4 is 4.90 Å². The van der Waals surface area contributed by atoms with Crippen molar-refractivity contribution in [3.8, 4) is 0 Å². The van der Waals surface area contributed by atoms with E-state index in [1.165, 1.54) is 30.3 Å². The minimum absolute atomic E-state index is 0.547. The zero-order valence-corrected chi connectivity index (χ0v) is 13.4. The highest BCUT2D eigenvalue weighted by Gasteiger charge is 2.28. The van der Waals surface area contributed by atoms with Crippen LogP contribution in [0.4, 0.5) is 5.69 Å². The molecule has 0 spiro atoms. The van der Waals surface area contributed by atoms with Gasteiger partial charge in [-0.2, -0.15) is 9.40 Å². The maximum Gasteiger partial charge on any atom is 0.211 e. The molecule has 0 atom stereocenters. The van der Waals surface area contributed by atoms with E-state index in [9.17, 15) is 8.42 Å². The molecule has 0 amide bonds. The van der Waals surface area contributed by atoms with Crippen LogP contribution in [-0.4, -0.2) is 55.4 Å². The number of rotatable bonds is 3. The summed E-state index contributed by atoms with van der Waals surface area (Å²) in [6.07, 6.45) is 5.68. The van der Waals surface area contributed by atoms with Crippen molar-refractivity contribution in [3.63, 3.8) is 0 Å². The minimum Gasteiger partial charge on any atom is -0.368 e. The number of hydrogen-bond acceptors (Lipinski definition) is 4. The molecule has 22 heavy (non-hydrogen) atoms. The third-order valence-corrected chi connectivity index (χ3v) is 5.96. The second-order valence-corrected chi connectivity index (χ2v) is 8.28. The monoisotopic (exact) mass is 320 g/mol. The van der Waals surface area contributed by atoms with Gasteiger partial charge in [-0.1, -0.05) is 0 Å². The number of aromatic nitrogens is 2. The smallest absolute Gasteiger partial charge is 0.211 e. The molecule has 1 aliphatic carbocycles. The van der Waals surface area contributed by atoms with Gasteiger partial charge in [0.2, 0.25) is 10.0 Å². The van der Waals surface area contributed by atoms with E-state index in [0.29, 0.717) is 19.0 Å². The van der Waals surface area contributed by atoms with Crippen LogP contribution in [-0.2, 0) is 10.0 Å². The first-order chi connectivity index (χ1) is 10.5. The largest absolute Gasteiger partial charge is 0.368 e. The zero-order chi connectivity index (χ0) is 15.3. The van der Waals surface area contributed by atoms with Crippen molar-refractivity contribution in [2.75, 3.05) is 37.3 Å². The molecule has 1 aromatic heterocycles. The van der Waals surface area contributed by atoms with Crippen LogP contribution >= 0.6 is 0 Å². The number of aromatic amines is 1. The van der Waals surface area contributed by atoms with E-state index in [2.05, 4.69) is 27.2 Å². The lowest BCUT2D eigenvalue weighted by molar-refractivity contribution is 0.388. The van der Waals surface area contributed by atoms with Crippen molar-refractivity contribution in [1.29, 1.82) is 0 Å². The van der Waals surface area contributed by atoms with Gasteiger partial charge in [0.1, 0.15) is 0 Å². The molecule has 0 radical (unpaired) electrons. The van der Waals surface area contributed by atoms with E-state index < -0.39 is 10.0 Å². The number of benzene rings is 1. The summed E-state index contributed by atoms with van der Waals surface area (Å²) in [5.41, 5.74) is 3.63. The Morgan fingerprint density at radius 3 is 2.55 bits per heavy atom. The lowest BCUT2D eigenvalue weighted by Gasteiger charge is -2.35. The maximum atomic E-state index is 11.6. The Bertz CT molecular complexity index is 802. The van der Waals surface area contributed by atoms with Crippen molar-refractivity contribution >= 4 is 26.6 Å². The predicted molar refractivity (Wildman–Crippen MR) is 86.7 cm³/mol. The number of H-pyrrole nitrogens is 1. The fraction of sp³-hybridized carbons (Fsp3) is 0.533. The van der Waals surface area contributed by atoms with Crippen LogP contribution in [0.15, 0.2) is 18.3 Å². The number of nitrogens with zero attached hydrogens (tertiary/aromatic N) is 3. The summed E-state index contributed by atoms with van der Waals surface area (Å²) in [4.78, 5) is 2.28. The molecule has 0 unspecified atom stereocenters. The number of fused-ring (bicyclic) bond motifs is 1. The second-order valence-electron chi connectivity index (χ2n) is 6.29. The van der Waals surface area contributed by atoms with Crippen molar-refractivity contribution < 1.29 is 8.42 Å². The summed E-state index contributed by atoms with van der Waals surface area (Å²) in [6, 6.07) is 4.47. The van der Waals surface area contributed by atoms with Crippen LogP contribution in [0.1, 0.15) is 24.3 Å². The van der Waals surface area contributed by atoms with Gasteiger partial charge in [-0.15, -0.1) is 0 Å². The first kappa shape index (κ1) is 14.0. The SMILES string of the molecule is CS(=O)(=O)N1CCN(c2cc(C3CC3)cc3[nH]ncc23)CC1. The van der Waals surface area contributed by atoms with Gasteiger partial charge >= 0.3 is 0 Å². The third-order valence-electron chi connectivity index (χ3n) is 4.66. The number of sulfonamides is 1. The van der Waals surface area contributed by atoms with Gasteiger partial charge in [0.25, 0.3) is 0 Å². The molecule has 0 bridgehead atoms. The summed E-state index contributed by atoms with van der Waals surface area (Å²) >= 11 is 0. The highest BCUT2D eigenvalue weighted by atomic mass is 32.2. The number of anilines is 1. The molecule has 6 nitrogen and oxygen atoms in total. The van der Waals surface area contributed by atoms with Gasteiger partial charge in [-0.3, -0.25) is 5.10 Å². The molecule has 1 aromatic carbocycles. The van der Waals surface area contributed by atoms with Crippen molar-refractivity contribution in [2.45, 2.75) is 18.8 Å². The molecule has 1 saturated heterocycles. The fourth-order valence-electron chi connectivity index (χ4n) is 3.23. The van der Waals surface area contributed by atoms with E-state index in [0.717, 1.165) is 24.0 Å². The van der Waals surface area contributed by atoms with Crippen LogP contribution in [0.3, 0.4) is 0 Å². The summed E-state index contributed by atoms with van der Waals surface area (Å²) in [7, 11) is -3.09. The molecule has 1 aliphatic heterocycles. The van der Waals surface area contributed by atoms with Crippen LogP contribution in [0.2, 0.25) is 0 Å². The number of nitrogens with one attached hydrogen (secondary N) is 1. The summed E-state index contributed by atoms with van der Waals surface area (Å²) in [5.74, 6) is 0.684. The lowest BCUT2D eigenvalue weighted by Crippen LogP contribution is -2.48. The summed E-state index contributed by atoms with van der Waals surface area (Å²) in [6.45, 7) is 2.54. The Morgan fingerprint density at radius 1 is 1.18 bits per heavy atom. The Hall–Kier alpha value is -1.60. The topological polar surface area (TPSA) is 69.3 Å². The van der Waals surface area contributed by atoms with E-state index in [4.69, 9.17) is 0 Å². The Morgan fingerprint density at radius 2 is 1.91 bits per heavy atom. The molecule has 2 fully saturated rings. The Balaban J connectivity index is 1.65. The Labute approximate surface area is 130 Å². The van der Waals surface area contributed by atoms with E-state index in [1.54, 1.807) is 4.31 Å². The molecule has 118 valence electrons. The van der Waals surface area contributed by atoms with Gasteiger partial charge in [-0.25, -0.2) is 8.42 Å². The van der Waals surface area contributed by atoms with Crippen LogP contribution in [0.5, 0.6) is 0 Å². The quantitative estimate of drug-likeness (QED) is 0.931. The van der Waals surface area contributed by atoms with Crippen molar-refractivity contribution in [2.24, 2.45) is 0 Å². The first-order valence-corrected chi connectivity index (χ1v) is 9.54. The van der Waals surface area contributed by atoms with E-state index in [1.807, 2.05) is 6.20 Å². The molecular weight excluding hydrogens is 300 g/mol. The van der Waals surface area contributed by atoms with Crippen LogP contribution in [0, 0.1) is 0 Å². The molecule has 1 saturated carbocycles. The second kappa shape index (κ2) is 4.96. The maximum absolute atomic E-state index is 11.6. The lowest BCUT2D eigenvalue weighted by atomic mass is 10.1. The van der Waals surface area contributed by atoms with Crippen molar-refractivity contribution in [3.05, 3.63) is 23.9 Å². The van der Waals surface area contributed by atoms with E-state index in [-0.39, 0.29) is 0 Å². The highest BCUT2D eigenvalue weighted by Crippen LogP contribution is 2.43. The molecule has 2 heterocycles. The van der Waals surface area contributed by atoms with Gasteiger partial charge in [0, 0.05) is 37.3 Å². The van der Waals surface area contributed by atoms with Crippen LogP contribution in [0.25, 0.3) is 10.9 Å². The van der Waals surface area contributed by atoms with Gasteiger partial charge in [0.15, 0.2) is 0 Å². The van der Waals surface area contributed by atoms with E-state index >= 15 is 0 Å². The molecule has 2 aliphatic rings. The molecule has 7 heteroatoms. The molecule has 1 N–H and O–H groups in total. The predicted octanol–water partition coefficient (Wildman–Crippen LogP) is 1.52. The average molecular weight is 320 g/mol. The van der Waals surface area contributed by atoms with Gasteiger partial charge in [-0.05, 0) is 36.5 Å². The summed E-state index contributed by atoms with van der Waals surface area (Å²) in [5, 5.41) is 8.37. The average Bonchev–Trinajstić information content (AvgIpc) is 3.23. The Kier molecular flexibility index (Phi) is 3.16. The normalized spacial score (nSPS) is 20.7. The number of hydrogen-bond donors (Lipinski definition) is 1. The molecular formula is C15H20N4O2S. The minimum atomic E-state index is -3.09. The standard InChI is InChI=1S/C15H20N4O2S/c1-22(20,21)19-6-4-18(5-7-19)15-9-12(11-2-3-11)8-14-13(15)10-16-17-14/h8-11H,2-7H2,1H3,(H,16,17). The number of piperazine rings is 1. The van der Waals surface area contributed by atoms with Gasteiger partial charge in [0.05, 0.1) is 18.0 Å². The van der Waals surface area contributed by atoms with Gasteiger partial charge < -0.3 is 4.90 Å². The summed E-state index contributed by atoms with van der Waals surface area (Å²) < 4.78 is 24.8. The highest BCUT2D eigenvalue weighted by molar-refractivity contribution is 7.88. The third kappa shape index (κ3) is 2.48. The fourth-order valence-corrected chi connectivity index (χ4v) is 4.06. The molecule has 4 rings (SSSR count). The van der Waals surface area contributed by atoms with Crippen molar-refractivity contribution in [1.82, 2.24) is 14.5 Å². The molecule has 2 aromatic rings. The zero-order valence-electron chi connectivity index (χ0n) is 12.6. The first-order valence-electron chi connectivity index (χ1n) is 7.69.